The van der Waals surface area contributed by atoms with Crippen LogP contribution in [-0.2, 0) is 0 Å². The summed E-state index contributed by atoms with van der Waals surface area (Å²) in [4.78, 5) is 0. The van der Waals surface area contributed by atoms with Gasteiger partial charge in [-0.15, -0.1) is 0 Å². The van der Waals surface area contributed by atoms with E-state index in [1.165, 1.54) is 17.4 Å². The lowest BCUT2D eigenvalue weighted by Gasteiger charge is -2.15. The van der Waals surface area contributed by atoms with E-state index >= 15 is 0 Å². The van der Waals surface area contributed by atoms with Crippen LogP contribution in [0, 0.1) is 0 Å². The van der Waals surface area contributed by atoms with E-state index in [1.807, 2.05) is 16.8 Å². The second-order valence-corrected chi connectivity index (χ2v) is 4.23. The van der Waals surface area contributed by atoms with Crippen LogP contribution in [0.4, 0.5) is 8.78 Å². The Morgan fingerprint density at radius 3 is 2.59 bits per heavy atom. The van der Waals surface area contributed by atoms with Crippen molar-refractivity contribution >= 4 is 11.3 Å². The lowest BCUT2D eigenvalue weighted by atomic mass is 10.0. The zero-order valence-electron chi connectivity index (χ0n) is 8.85. The van der Waals surface area contributed by atoms with Crippen molar-refractivity contribution in [2.45, 2.75) is 12.7 Å². The number of rotatable bonds is 4. The van der Waals surface area contributed by atoms with Crippen molar-refractivity contribution in [2.75, 3.05) is 0 Å². The van der Waals surface area contributed by atoms with Gasteiger partial charge in [-0.25, -0.2) is 0 Å². The van der Waals surface area contributed by atoms with Gasteiger partial charge in [0.15, 0.2) is 0 Å². The van der Waals surface area contributed by atoms with Crippen LogP contribution >= 0.6 is 11.3 Å². The molecule has 0 unspecified atom stereocenters. The molecular formula is C12H11F2NOS. The molecule has 1 aromatic carbocycles. The van der Waals surface area contributed by atoms with Gasteiger partial charge in [-0.05, 0) is 28.5 Å². The molecule has 0 aliphatic heterocycles. The number of hydrogen-bond donors (Lipinski definition) is 1. The van der Waals surface area contributed by atoms with Gasteiger partial charge in [0.05, 0.1) is 6.04 Å². The van der Waals surface area contributed by atoms with Crippen molar-refractivity contribution in [1.82, 2.24) is 0 Å². The van der Waals surface area contributed by atoms with Crippen molar-refractivity contribution in [3.63, 3.8) is 0 Å². The van der Waals surface area contributed by atoms with Crippen LogP contribution in [0.1, 0.15) is 17.2 Å². The molecule has 1 heterocycles. The summed E-state index contributed by atoms with van der Waals surface area (Å²) in [6.07, 6.45) is 0. The van der Waals surface area contributed by atoms with Gasteiger partial charge in [0, 0.05) is 5.56 Å². The first-order valence-electron chi connectivity index (χ1n) is 5.00. The number of ether oxygens (including phenoxy) is 1. The van der Waals surface area contributed by atoms with E-state index < -0.39 is 12.7 Å². The van der Waals surface area contributed by atoms with Gasteiger partial charge >= 0.3 is 6.61 Å². The second-order valence-electron chi connectivity index (χ2n) is 3.45. The van der Waals surface area contributed by atoms with Crippen LogP contribution in [0.3, 0.4) is 0 Å². The smallest absolute Gasteiger partial charge is 0.387 e. The zero-order valence-corrected chi connectivity index (χ0v) is 9.66. The number of hydrogen-bond acceptors (Lipinski definition) is 3. The molecule has 2 rings (SSSR count). The molecule has 0 aliphatic rings. The molecule has 0 saturated heterocycles. The van der Waals surface area contributed by atoms with E-state index in [0.717, 1.165) is 5.56 Å². The monoisotopic (exact) mass is 255 g/mol. The van der Waals surface area contributed by atoms with E-state index in [9.17, 15) is 8.78 Å². The van der Waals surface area contributed by atoms with Crippen LogP contribution in [0.2, 0.25) is 0 Å². The lowest BCUT2D eigenvalue weighted by molar-refractivity contribution is -0.0505. The first kappa shape index (κ1) is 12.0. The molecule has 90 valence electrons. The van der Waals surface area contributed by atoms with Gasteiger partial charge < -0.3 is 10.5 Å². The van der Waals surface area contributed by atoms with Crippen molar-refractivity contribution in [3.8, 4) is 5.75 Å². The fourth-order valence-electron chi connectivity index (χ4n) is 1.57. The molecule has 0 spiro atoms. The molecule has 17 heavy (non-hydrogen) atoms. The summed E-state index contributed by atoms with van der Waals surface area (Å²) < 4.78 is 28.9. The van der Waals surface area contributed by atoms with Gasteiger partial charge in [-0.2, -0.15) is 20.1 Å². The fourth-order valence-corrected chi connectivity index (χ4v) is 2.27. The Kier molecular flexibility index (Phi) is 3.71. The minimum Gasteiger partial charge on any atom is -0.434 e. The van der Waals surface area contributed by atoms with E-state index in [4.69, 9.17) is 5.73 Å². The molecule has 2 N–H and O–H groups in total. The Bertz CT molecular complexity index is 473. The highest BCUT2D eigenvalue weighted by Crippen LogP contribution is 2.30. The maximum atomic E-state index is 12.2. The summed E-state index contributed by atoms with van der Waals surface area (Å²) in [5.74, 6) is 0.126. The van der Waals surface area contributed by atoms with Crippen molar-refractivity contribution in [1.29, 1.82) is 0 Å². The van der Waals surface area contributed by atoms with Crippen LogP contribution in [-0.4, -0.2) is 6.61 Å². The molecule has 0 radical (unpaired) electrons. The predicted octanol–water partition coefficient (Wildman–Crippen LogP) is 3.40. The topological polar surface area (TPSA) is 35.2 Å². The molecule has 5 heteroatoms. The Morgan fingerprint density at radius 2 is 1.94 bits per heavy atom. The lowest BCUT2D eigenvalue weighted by Crippen LogP contribution is -2.14. The molecule has 1 aromatic heterocycles. The minimum absolute atomic E-state index is 0.126. The molecule has 0 aliphatic carbocycles. The number of thiophene rings is 1. The number of benzene rings is 1. The molecule has 2 aromatic rings. The van der Waals surface area contributed by atoms with Crippen molar-refractivity contribution < 1.29 is 13.5 Å². The summed E-state index contributed by atoms with van der Waals surface area (Å²) in [7, 11) is 0. The average Bonchev–Trinajstić information content (AvgIpc) is 2.81. The van der Waals surface area contributed by atoms with E-state index in [-0.39, 0.29) is 5.75 Å². The van der Waals surface area contributed by atoms with E-state index in [1.54, 1.807) is 18.2 Å². The summed E-state index contributed by atoms with van der Waals surface area (Å²) in [6.45, 7) is -2.84. The molecule has 0 fully saturated rings. The average molecular weight is 255 g/mol. The second kappa shape index (κ2) is 5.25. The third-order valence-corrected chi connectivity index (χ3v) is 3.07. The van der Waals surface area contributed by atoms with Gasteiger partial charge in [-0.3, -0.25) is 0 Å². The largest absolute Gasteiger partial charge is 0.434 e. The first-order chi connectivity index (χ1) is 8.18. The number of halogens is 2. The summed E-state index contributed by atoms with van der Waals surface area (Å²) in [6, 6.07) is 8.00. The van der Waals surface area contributed by atoms with Crippen LogP contribution < -0.4 is 10.5 Å². The van der Waals surface area contributed by atoms with Gasteiger partial charge in [0.25, 0.3) is 0 Å². The highest BCUT2D eigenvalue weighted by molar-refractivity contribution is 7.08. The van der Waals surface area contributed by atoms with Crippen LogP contribution in [0.25, 0.3) is 0 Å². The molecule has 0 bridgehead atoms. The molecule has 0 saturated carbocycles. The Morgan fingerprint density at radius 1 is 1.18 bits per heavy atom. The predicted molar refractivity (Wildman–Crippen MR) is 63.4 cm³/mol. The van der Waals surface area contributed by atoms with Crippen molar-refractivity contribution in [3.05, 3.63) is 52.2 Å². The highest BCUT2D eigenvalue weighted by Gasteiger charge is 2.16. The Hall–Kier alpha value is -1.46. The van der Waals surface area contributed by atoms with Gasteiger partial charge in [0.1, 0.15) is 5.75 Å². The van der Waals surface area contributed by atoms with Gasteiger partial charge in [0.2, 0.25) is 0 Å². The zero-order chi connectivity index (χ0) is 12.3. The van der Waals surface area contributed by atoms with E-state index in [2.05, 4.69) is 4.74 Å². The quantitative estimate of drug-likeness (QED) is 0.908. The summed E-state index contributed by atoms with van der Waals surface area (Å²) >= 11 is 1.51. The molecule has 0 amide bonds. The SMILES string of the molecule is N[C@H](c1ccsc1)c1ccccc1OC(F)F. The third kappa shape index (κ3) is 2.81. The third-order valence-electron chi connectivity index (χ3n) is 2.37. The van der Waals surface area contributed by atoms with E-state index in [0.29, 0.717) is 5.56 Å². The maximum absolute atomic E-state index is 12.2. The number of para-hydroxylation sites is 1. The summed E-state index contributed by atoms with van der Waals surface area (Å²) in [5, 5.41) is 3.79. The number of alkyl halides is 2. The normalized spacial score (nSPS) is 12.7. The minimum atomic E-state index is -2.84. The number of nitrogens with two attached hydrogens (primary N) is 1. The molecular weight excluding hydrogens is 244 g/mol. The highest BCUT2D eigenvalue weighted by atomic mass is 32.1. The Labute approximate surface area is 102 Å². The first-order valence-corrected chi connectivity index (χ1v) is 5.94. The van der Waals surface area contributed by atoms with Crippen LogP contribution in [0.5, 0.6) is 5.75 Å². The fraction of sp³-hybridized carbons (Fsp3) is 0.167. The molecule has 1 atom stereocenters. The maximum Gasteiger partial charge on any atom is 0.387 e. The van der Waals surface area contributed by atoms with Gasteiger partial charge in [-0.1, -0.05) is 18.2 Å². The summed E-state index contributed by atoms with van der Waals surface area (Å²) in [5.41, 5.74) is 7.47. The van der Waals surface area contributed by atoms with Crippen molar-refractivity contribution in [2.24, 2.45) is 5.73 Å². The molecule has 2 nitrogen and oxygen atoms in total. The Balaban J connectivity index is 2.31. The van der Waals surface area contributed by atoms with Crippen LogP contribution in [0.15, 0.2) is 41.1 Å². The standard InChI is InChI=1S/C12H11F2NOS/c13-12(14)16-10-4-2-1-3-9(10)11(15)8-5-6-17-7-8/h1-7,11-12H,15H2/t11-/m1/s1.